The van der Waals surface area contributed by atoms with Crippen molar-refractivity contribution in [2.45, 2.75) is 6.92 Å². The molecule has 3 aromatic rings. The molecule has 3 rings (SSSR count). The van der Waals surface area contributed by atoms with E-state index in [1.807, 2.05) is 41.8 Å². The average molecular weight is 329 g/mol. The van der Waals surface area contributed by atoms with Gasteiger partial charge in [-0.15, -0.1) is 11.3 Å². The molecule has 22 heavy (non-hydrogen) atoms. The zero-order valence-corrected chi connectivity index (χ0v) is 13.4. The van der Waals surface area contributed by atoms with Crippen LogP contribution in [-0.4, -0.2) is 10.8 Å². The van der Waals surface area contributed by atoms with Crippen molar-refractivity contribution in [1.29, 1.82) is 0 Å². The Balaban J connectivity index is 1.76. The van der Waals surface area contributed by atoms with E-state index in [1.54, 1.807) is 19.1 Å². The van der Waals surface area contributed by atoms with Gasteiger partial charge in [0, 0.05) is 27.2 Å². The fourth-order valence-corrected chi connectivity index (χ4v) is 2.86. The number of benzene rings is 2. The molecule has 0 atom stereocenters. The fraction of sp³-hybridized carbons (Fsp3) is 0.0588. The molecule has 0 spiro atoms. The Kier molecular flexibility index (Phi) is 4.22. The topological polar surface area (TPSA) is 42.0 Å². The minimum absolute atomic E-state index is 0.0609. The van der Waals surface area contributed by atoms with E-state index < -0.39 is 0 Å². The van der Waals surface area contributed by atoms with Gasteiger partial charge in [0.2, 0.25) is 0 Å². The number of aromatic nitrogens is 1. The number of ketones is 1. The van der Waals surface area contributed by atoms with Gasteiger partial charge in [-0.05, 0) is 43.3 Å². The van der Waals surface area contributed by atoms with E-state index in [9.17, 15) is 4.79 Å². The van der Waals surface area contributed by atoms with Crippen molar-refractivity contribution in [2.24, 2.45) is 0 Å². The van der Waals surface area contributed by atoms with Crippen LogP contribution in [0.25, 0.3) is 11.3 Å². The van der Waals surface area contributed by atoms with E-state index in [0.717, 1.165) is 22.1 Å². The highest BCUT2D eigenvalue weighted by Crippen LogP contribution is 2.28. The molecule has 3 nitrogen and oxygen atoms in total. The zero-order valence-electron chi connectivity index (χ0n) is 11.8. The molecule has 0 bridgehead atoms. The number of thiazole rings is 1. The van der Waals surface area contributed by atoms with E-state index in [4.69, 9.17) is 11.6 Å². The molecular formula is C17H13ClN2OS. The molecule has 0 aliphatic heterocycles. The van der Waals surface area contributed by atoms with Gasteiger partial charge in [0.1, 0.15) is 0 Å². The van der Waals surface area contributed by atoms with Gasteiger partial charge in [0.25, 0.3) is 0 Å². The standard InChI is InChI=1S/C17H13ClN2OS/c1-11(21)12-4-8-15(9-5-12)19-17-20-16(10-22-17)13-2-6-14(18)7-3-13/h2-10H,1H3,(H,19,20). The van der Waals surface area contributed by atoms with E-state index >= 15 is 0 Å². The van der Waals surface area contributed by atoms with Gasteiger partial charge >= 0.3 is 0 Å². The first kappa shape index (κ1) is 14.8. The summed E-state index contributed by atoms with van der Waals surface area (Å²) in [5.41, 5.74) is 3.54. The lowest BCUT2D eigenvalue weighted by Gasteiger charge is -2.03. The lowest BCUT2D eigenvalue weighted by Crippen LogP contribution is -1.93. The maximum atomic E-state index is 11.3. The van der Waals surface area contributed by atoms with Gasteiger partial charge < -0.3 is 5.32 Å². The van der Waals surface area contributed by atoms with Crippen molar-refractivity contribution in [1.82, 2.24) is 4.98 Å². The number of carbonyl (C=O) groups is 1. The molecule has 110 valence electrons. The number of nitrogens with one attached hydrogen (secondary N) is 1. The van der Waals surface area contributed by atoms with Crippen molar-refractivity contribution in [2.75, 3.05) is 5.32 Å². The molecule has 0 radical (unpaired) electrons. The summed E-state index contributed by atoms with van der Waals surface area (Å²) in [5, 5.41) is 6.75. The largest absolute Gasteiger partial charge is 0.332 e. The predicted molar refractivity (Wildman–Crippen MR) is 92.3 cm³/mol. The third kappa shape index (κ3) is 3.35. The molecule has 1 N–H and O–H groups in total. The molecule has 0 amide bonds. The van der Waals surface area contributed by atoms with Crippen molar-refractivity contribution in [3.05, 3.63) is 64.5 Å². The Bertz CT molecular complexity index is 794. The molecule has 0 saturated heterocycles. The third-order valence-corrected chi connectivity index (χ3v) is 4.20. The maximum Gasteiger partial charge on any atom is 0.187 e. The summed E-state index contributed by atoms with van der Waals surface area (Å²) in [6.45, 7) is 1.56. The van der Waals surface area contributed by atoms with Crippen LogP contribution in [0.4, 0.5) is 10.8 Å². The van der Waals surface area contributed by atoms with Crippen molar-refractivity contribution in [3.63, 3.8) is 0 Å². The fourth-order valence-electron chi connectivity index (χ4n) is 2.00. The lowest BCUT2D eigenvalue weighted by atomic mass is 10.1. The van der Waals surface area contributed by atoms with Crippen molar-refractivity contribution >= 4 is 39.5 Å². The molecule has 2 aromatic carbocycles. The number of halogens is 1. The van der Waals surface area contributed by atoms with Crippen molar-refractivity contribution < 1.29 is 4.79 Å². The number of hydrogen-bond acceptors (Lipinski definition) is 4. The summed E-state index contributed by atoms with van der Waals surface area (Å²) in [4.78, 5) is 15.8. The summed E-state index contributed by atoms with van der Waals surface area (Å²) in [6.07, 6.45) is 0. The monoisotopic (exact) mass is 328 g/mol. The Morgan fingerprint density at radius 3 is 2.41 bits per heavy atom. The maximum absolute atomic E-state index is 11.3. The Morgan fingerprint density at radius 1 is 1.09 bits per heavy atom. The van der Waals surface area contributed by atoms with Crippen LogP contribution < -0.4 is 5.32 Å². The summed E-state index contributed by atoms with van der Waals surface area (Å²) in [6, 6.07) is 15.0. The van der Waals surface area contributed by atoms with E-state index in [-0.39, 0.29) is 5.78 Å². The van der Waals surface area contributed by atoms with E-state index in [0.29, 0.717) is 10.6 Å². The van der Waals surface area contributed by atoms with Gasteiger partial charge in [0.15, 0.2) is 10.9 Å². The van der Waals surface area contributed by atoms with Crippen LogP contribution in [0, 0.1) is 0 Å². The third-order valence-electron chi connectivity index (χ3n) is 3.19. The van der Waals surface area contributed by atoms with Crippen LogP contribution >= 0.6 is 22.9 Å². The molecule has 5 heteroatoms. The number of Topliss-reactive ketones (excluding diaryl/α,β-unsaturated/α-hetero) is 1. The molecule has 0 unspecified atom stereocenters. The second-order valence-corrected chi connectivity index (χ2v) is 6.10. The second-order valence-electron chi connectivity index (χ2n) is 4.80. The molecule has 0 saturated carbocycles. The highest BCUT2D eigenvalue weighted by Gasteiger charge is 2.05. The highest BCUT2D eigenvalue weighted by molar-refractivity contribution is 7.14. The van der Waals surface area contributed by atoms with Crippen LogP contribution in [0.2, 0.25) is 5.02 Å². The van der Waals surface area contributed by atoms with Crippen LogP contribution in [0.15, 0.2) is 53.9 Å². The SMILES string of the molecule is CC(=O)c1ccc(Nc2nc(-c3ccc(Cl)cc3)cs2)cc1. The minimum atomic E-state index is 0.0609. The first-order chi connectivity index (χ1) is 10.6. The zero-order chi connectivity index (χ0) is 15.5. The molecule has 1 heterocycles. The number of hydrogen-bond donors (Lipinski definition) is 1. The quantitative estimate of drug-likeness (QED) is 0.651. The van der Waals surface area contributed by atoms with Crippen LogP contribution in [0.1, 0.15) is 17.3 Å². The minimum Gasteiger partial charge on any atom is -0.332 e. The van der Waals surface area contributed by atoms with Gasteiger partial charge in [-0.1, -0.05) is 23.7 Å². The van der Waals surface area contributed by atoms with Crippen molar-refractivity contribution in [3.8, 4) is 11.3 Å². The number of carbonyl (C=O) groups excluding carboxylic acids is 1. The molecule has 0 aliphatic carbocycles. The summed E-state index contributed by atoms with van der Waals surface area (Å²) in [5.74, 6) is 0.0609. The molecule has 1 aromatic heterocycles. The molecule has 0 aliphatic rings. The normalized spacial score (nSPS) is 10.5. The first-order valence-electron chi connectivity index (χ1n) is 6.71. The number of nitrogens with zero attached hydrogens (tertiary/aromatic N) is 1. The van der Waals surface area contributed by atoms with E-state index in [1.165, 1.54) is 11.3 Å². The van der Waals surface area contributed by atoms with Crippen LogP contribution in [0.5, 0.6) is 0 Å². The van der Waals surface area contributed by atoms with Crippen LogP contribution in [0.3, 0.4) is 0 Å². The Morgan fingerprint density at radius 2 is 1.77 bits per heavy atom. The van der Waals surface area contributed by atoms with E-state index in [2.05, 4.69) is 10.3 Å². The second kappa shape index (κ2) is 6.30. The van der Waals surface area contributed by atoms with Gasteiger partial charge in [0.05, 0.1) is 5.69 Å². The lowest BCUT2D eigenvalue weighted by molar-refractivity contribution is 0.101. The summed E-state index contributed by atoms with van der Waals surface area (Å²) in [7, 11) is 0. The summed E-state index contributed by atoms with van der Waals surface area (Å²) >= 11 is 7.42. The van der Waals surface area contributed by atoms with Gasteiger partial charge in [-0.3, -0.25) is 4.79 Å². The first-order valence-corrected chi connectivity index (χ1v) is 7.97. The van der Waals surface area contributed by atoms with Gasteiger partial charge in [-0.25, -0.2) is 4.98 Å². The Hall–Kier alpha value is -2.17. The summed E-state index contributed by atoms with van der Waals surface area (Å²) < 4.78 is 0. The smallest absolute Gasteiger partial charge is 0.187 e. The van der Waals surface area contributed by atoms with Gasteiger partial charge in [-0.2, -0.15) is 0 Å². The van der Waals surface area contributed by atoms with Crippen LogP contribution in [-0.2, 0) is 0 Å². The Labute approximate surface area is 137 Å². The average Bonchev–Trinajstić information content (AvgIpc) is 2.97. The predicted octanol–water partition coefficient (Wildman–Crippen LogP) is 5.41. The molecule has 0 fully saturated rings. The number of rotatable bonds is 4. The molecular weight excluding hydrogens is 316 g/mol. The number of anilines is 2. The highest BCUT2D eigenvalue weighted by atomic mass is 35.5.